The van der Waals surface area contributed by atoms with Crippen molar-refractivity contribution >= 4 is 38.3 Å². The van der Waals surface area contributed by atoms with Gasteiger partial charge in [0.05, 0.1) is 10.2 Å². The summed E-state index contributed by atoms with van der Waals surface area (Å²) >= 11 is 7.65. The summed E-state index contributed by atoms with van der Waals surface area (Å²) in [5, 5.41) is 5.25. The van der Waals surface area contributed by atoms with Gasteiger partial charge >= 0.3 is 0 Å². The fourth-order valence-electron chi connectivity index (χ4n) is 1.86. The van der Waals surface area contributed by atoms with Gasteiger partial charge in [0.15, 0.2) is 5.13 Å². The van der Waals surface area contributed by atoms with Crippen LogP contribution < -0.4 is 5.32 Å². The van der Waals surface area contributed by atoms with E-state index in [1.54, 1.807) is 11.3 Å². The summed E-state index contributed by atoms with van der Waals surface area (Å²) in [5.74, 6) is 0. The van der Waals surface area contributed by atoms with E-state index in [4.69, 9.17) is 11.6 Å². The van der Waals surface area contributed by atoms with E-state index >= 15 is 0 Å². The minimum atomic E-state index is 0.524. The summed E-state index contributed by atoms with van der Waals surface area (Å²) in [5.41, 5.74) is 0.983. The molecule has 0 saturated heterocycles. The van der Waals surface area contributed by atoms with Gasteiger partial charge in [-0.2, -0.15) is 0 Å². The molecule has 0 aliphatic heterocycles. The molecule has 2 rings (SSSR count). The maximum atomic E-state index is 5.95. The number of thiazole rings is 1. The van der Waals surface area contributed by atoms with E-state index in [1.165, 1.54) is 17.5 Å². The van der Waals surface area contributed by atoms with Gasteiger partial charge in [-0.05, 0) is 31.0 Å². The number of fused-ring (bicyclic) bond motifs is 1. The highest BCUT2D eigenvalue weighted by atomic mass is 35.5. The zero-order chi connectivity index (χ0) is 12.3. The number of nitrogens with one attached hydrogen (secondary N) is 1. The molecule has 0 fully saturated rings. The number of rotatable bonds is 5. The molecular formula is C13H17ClN2S. The zero-order valence-electron chi connectivity index (χ0n) is 10.2. The van der Waals surface area contributed by atoms with Crippen LogP contribution in [0.15, 0.2) is 18.2 Å². The monoisotopic (exact) mass is 268 g/mol. The highest BCUT2D eigenvalue weighted by Gasteiger charge is 2.09. The van der Waals surface area contributed by atoms with Crippen LogP contribution in [0.2, 0.25) is 5.02 Å². The Morgan fingerprint density at radius 1 is 1.41 bits per heavy atom. The molecule has 0 saturated carbocycles. The summed E-state index contributed by atoms with van der Waals surface area (Å²) < 4.78 is 1.18. The minimum Gasteiger partial charge on any atom is -0.359 e. The molecule has 1 aromatic heterocycles. The van der Waals surface area contributed by atoms with Crippen molar-refractivity contribution in [2.45, 2.75) is 39.2 Å². The molecule has 1 aromatic carbocycles. The maximum Gasteiger partial charge on any atom is 0.184 e. The quantitative estimate of drug-likeness (QED) is 0.831. The van der Waals surface area contributed by atoms with Gasteiger partial charge in [0.25, 0.3) is 0 Å². The average molecular weight is 269 g/mol. The van der Waals surface area contributed by atoms with Gasteiger partial charge < -0.3 is 5.32 Å². The van der Waals surface area contributed by atoms with Crippen LogP contribution in [0.25, 0.3) is 10.2 Å². The highest BCUT2D eigenvalue weighted by Crippen LogP contribution is 2.28. The molecule has 0 aliphatic carbocycles. The summed E-state index contributed by atoms with van der Waals surface area (Å²) in [4.78, 5) is 4.57. The van der Waals surface area contributed by atoms with Crippen molar-refractivity contribution in [2.24, 2.45) is 0 Å². The van der Waals surface area contributed by atoms with Gasteiger partial charge in [0.2, 0.25) is 0 Å². The van der Waals surface area contributed by atoms with Gasteiger partial charge in [0, 0.05) is 11.1 Å². The van der Waals surface area contributed by atoms with Crippen LogP contribution in [0.4, 0.5) is 5.13 Å². The number of hydrogen-bond donors (Lipinski definition) is 1. The first-order chi connectivity index (χ1) is 8.22. The number of nitrogens with zero attached hydrogens (tertiary/aromatic N) is 1. The third-order valence-electron chi connectivity index (χ3n) is 2.81. The van der Waals surface area contributed by atoms with E-state index in [1.807, 2.05) is 18.2 Å². The maximum absolute atomic E-state index is 5.95. The molecule has 0 amide bonds. The summed E-state index contributed by atoms with van der Waals surface area (Å²) in [7, 11) is 0. The van der Waals surface area contributed by atoms with Crippen LogP contribution in [0.3, 0.4) is 0 Å². The Morgan fingerprint density at radius 2 is 2.24 bits per heavy atom. The van der Waals surface area contributed by atoms with Crippen molar-refractivity contribution in [2.75, 3.05) is 5.32 Å². The predicted octanol–water partition coefficient (Wildman–Crippen LogP) is 4.94. The standard InChI is InChI=1S/C13H17ClN2S/c1-3-5-10(4-2)15-13-16-11-8-9(14)6-7-12(11)17-13/h6-8,10H,3-5H2,1-2H3,(H,15,16). The predicted molar refractivity (Wildman–Crippen MR) is 77.2 cm³/mol. The lowest BCUT2D eigenvalue weighted by atomic mass is 10.1. The minimum absolute atomic E-state index is 0.524. The second-order valence-corrected chi connectivity index (χ2v) is 5.64. The van der Waals surface area contributed by atoms with Gasteiger partial charge in [-0.25, -0.2) is 4.98 Å². The first-order valence-electron chi connectivity index (χ1n) is 6.05. The van der Waals surface area contributed by atoms with Gasteiger partial charge in [-0.15, -0.1) is 0 Å². The summed E-state index contributed by atoms with van der Waals surface area (Å²) in [6.07, 6.45) is 3.51. The molecule has 4 heteroatoms. The average Bonchev–Trinajstić information content (AvgIpc) is 2.69. The van der Waals surface area contributed by atoms with Crippen LogP contribution in [0, 0.1) is 0 Å². The second-order valence-electron chi connectivity index (χ2n) is 4.17. The number of hydrogen-bond acceptors (Lipinski definition) is 3. The molecule has 2 nitrogen and oxygen atoms in total. The Labute approximate surface area is 111 Å². The number of halogens is 1. The Bertz CT molecular complexity index is 495. The van der Waals surface area contributed by atoms with Crippen molar-refractivity contribution in [3.63, 3.8) is 0 Å². The Balaban J connectivity index is 2.18. The lowest BCUT2D eigenvalue weighted by molar-refractivity contribution is 0.622. The lowest BCUT2D eigenvalue weighted by Crippen LogP contribution is -2.17. The van der Waals surface area contributed by atoms with E-state index in [0.29, 0.717) is 6.04 Å². The topological polar surface area (TPSA) is 24.9 Å². The largest absolute Gasteiger partial charge is 0.359 e. The molecule has 1 heterocycles. The van der Waals surface area contributed by atoms with Crippen molar-refractivity contribution in [3.05, 3.63) is 23.2 Å². The van der Waals surface area contributed by atoms with Crippen LogP contribution in [0.1, 0.15) is 33.1 Å². The van der Waals surface area contributed by atoms with Crippen molar-refractivity contribution < 1.29 is 0 Å². The third-order valence-corrected chi connectivity index (χ3v) is 4.01. The first-order valence-corrected chi connectivity index (χ1v) is 7.25. The van der Waals surface area contributed by atoms with Crippen LogP contribution in [-0.2, 0) is 0 Å². The molecule has 92 valence electrons. The normalized spacial score (nSPS) is 12.9. The van der Waals surface area contributed by atoms with Gasteiger partial charge in [-0.1, -0.05) is 43.2 Å². The Kier molecular flexibility index (Phi) is 4.24. The molecule has 0 radical (unpaired) electrons. The number of benzene rings is 1. The zero-order valence-corrected chi connectivity index (χ0v) is 11.7. The van der Waals surface area contributed by atoms with Crippen molar-refractivity contribution in [1.82, 2.24) is 4.98 Å². The number of anilines is 1. The Hall–Kier alpha value is -0.800. The second kappa shape index (κ2) is 5.69. The molecule has 1 unspecified atom stereocenters. The highest BCUT2D eigenvalue weighted by molar-refractivity contribution is 7.22. The molecule has 1 atom stereocenters. The van der Waals surface area contributed by atoms with Crippen LogP contribution in [-0.4, -0.2) is 11.0 Å². The molecule has 17 heavy (non-hydrogen) atoms. The first kappa shape index (κ1) is 12.7. The van der Waals surface area contributed by atoms with E-state index in [0.717, 1.165) is 22.1 Å². The SMILES string of the molecule is CCCC(CC)Nc1nc2cc(Cl)ccc2s1. The van der Waals surface area contributed by atoms with Crippen molar-refractivity contribution in [3.8, 4) is 0 Å². The molecule has 0 aliphatic rings. The summed E-state index contributed by atoms with van der Waals surface area (Å²) in [6, 6.07) is 6.38. The van der Waals surface area contributed by atoms with E-state index in [9.17, 15) is 0 Å². The molecular weight excluding hydrogens is 252 g/mol. The fourth-order valence-corrected chi connectivity index (χ4v) is 2.95. The fraction of sp³-hybridized carbons (Fsp3) is 0.462. The van der Waals surface area contributed by atoms with E-state index in [-0.39, 0.29) is 0 Å². The Morgan fingerprint density at radius 3 is 2.94 bits per heavy atom. The van der Waals surface area contributed by atoms with Crippen LogP contribution in [0.5, 0.6) is 0 Å². The third kappa shape index (κ3) is 3.11. The smallest absolute Gasteiger partial charge is 0.184 e. The van der Waals surface area contributed by atoms with E-state index < -0.39 is 0 Å². The molecule has 2 aromatic rings. The lowest BCUT2D eigenvalue weighted by Gasteiger charge is -2.14. The summed E-state index contributed by atoms with van der Waals surface area (Å²) in [6.45, 7) is 4.42. The van der Waals surface area contributed by atoms with Crippen LogP contribution >= 0.6 is 22.9 Å². The van der Waals surface area contributed by atoms with E-state index in [2.05, 4.69) is 24.1 Å². The van der Waals surface area contributed by atoms with Crippen molar-refractivity contribution in [1.29, 1.82) is 0 Å². The van der Waals surface area contributed by atoms with Gasteiger partial charge in [0.1, 0.15) is 0 Å². The van der Waals surface area contributed by atoms with Gasteiger partial charge in [-0.3, -0.25) is 0 Å². The molecule has 1 N–H and O–H groups in total. The molecule has 0 bridgehead atoms. The molecule has 0 spiro atoms. The number of aromatic nitrogens is 1.